The highest BCUT2D eigenvalue weighted by molar-refractivity contribution is 6.02. The summed E-state index contributed by atoms with van der Waals surface area (Å²) in [5.41, 5.74) is 5.68. The molecule has 0 radical (unpaired) electrons. The molecule has 0 aliphatic rings. The van der Waals surface area contributed by atoms with Crippen LogP contribution in [0.4, 0.5) is 5.69 Å². The van der Waals surface area contributed by atoms with Gasteiger partial charge < -0.3 is 25.8 Å². The van der Waals surface area contributed by atoms with Crippen molar-refractivity contribution in [1.82, 2.24) is 9.97 Å². The van der Waals surface area contributed by atoms with Gasteiger partial charge in [0.05, 0.1) is 0 Å². The lowest BCUT2D eigenvalue weighted by Gasteiger charge is -2.06. The zero-order valence-electron chi connectivity index (χ0n) is 10.1. The molecule has 0 aliphatic heterocycles. The van der Waals surface area contributed by atoms with Crippen LogP contribution < -0.4 is 21.5 Å². The quantitative estimate of drug-likeness (QED) is 0.620. The van der Waals surface area contributed by atoms with Gasteiger partial charge in [0.15, 0.2) is 0 Å². The molecular weight excluding hydrogens is 248 g/mol. The summed E-state index contributed by atoms with van der Waals surface area (Å²) >= 11 is 0. The second-order valence-electron chi connectivity index (χ2n) is 3.77. The van der Waals surface area contributed by atoms with Crippen molar-refractivity contribution in [3.8, 4) is 5.75 Å². The number of benzene rings is 1. The molecule has 19 heavy (non-hydrogen) atoms. The maximum Gasteiger partial charge on any atom is 0.323 e. The molecule has 0 saturated heterocycles. The van der Waals surface area contributed by atoms with Crippen LogP contribution in [0.25, 0.3) is 0 Å². The number of nitrogens with two attached hydrogens (primary N) is 1. The summed E-state index contributed by atoms with van der Waals surface area (Å²) in [6, 6.07) is 6.86. The predicted molar refractivity (Wildman–Crippen MR) is 70.4 cm³/mol. The van der Waals surface area contributed by atoms with E-state index in [0.29, 0.717) is 24.6 Å². The van der Waals surface area contributed by atoms with Crippen molar-refractivity contribution in [2.45, 2.75) is 0 Å². The molecule has 0 fully saturated rings. The van der Waals surface area contributed by atoms with Gasteiger partial charge in [-0.15, -0.1) is 0 Å². The van der Waals surface area contributed by atoms with Gasteiger partial charge in [0.1, 0.15) is 18.1 Å². The van der Waals surface area contributed by atoms with Crippen molar-refractivity contribution in [2.24, 2.45) is 5.73 Å². The van der Waals surface area contributed by atoms with Crippen molar-refractivity contribution in [3.63, 3.8) is 0 Å². The van der Waals surface area contributed by atoms with Crippen LogP contribution >= 0.6 is 0 Å². The predicted octanol–water partition coefficient (Wildman–Crippen LogP) is 0.293. The molecule has 0 spiro atoms. The number of hydrogen-bond acceptors (Lipinski definition) is 4. The Bertz CT molecular complexity index is 600. The normalized spacial score (nSPS) is 10.2. The van der Waals surface area contributed by atoms with E-state index < -0.39 is 11.6 Å². The lowest BCUT2D eigenvalue weighted by molar-refractivity contribution is 0.102. The molecule has 2 aromatic rings. The maximum atomic E-state index is 11.7. The van der Waals surface area contributed by atoms with E-state index in [-0.39, 0.29) is 5.69 Å². The van der Waals surface area contributed by atoms with E-state index in [1.807, 2.05) is 0 Å². The lowest BCUT2D eigenvalue weighted by Crippen LogP contribution is -2.14. The van der Waals surface area contributed by atoms with Crippen LogP contribution in [-0.4, -0.2) is 29.0 Å². The van der Waals surface area contributed by atoms with E-state index in [2.05, 4.69) is 15.3 Å². The Morgan fingerprint density at radius 2 is 2.05 bits per heavy atom. The number of hydrogen-bond donors (Lipinski definition) is 4. The third-order valence-electron chi connectivity index (χ3n) is 2.34. The second kappa shape index (κ2) is 5.87. The Balaban J connectivity index is 1.99. The third kappa shape index (κ3) is 3.46. The highest BCUT2D eigenvalue weighted by atomic mass is 16.5. The van der Waals surface area contributed by atoms with Gasteiger partial charge in [0.2, 0.25) is 0 Å². The molecule has 0 unspecified atom stereocenters. The van der Waals surface area contributed by atoms with Gasteiger partial charge in [0.25, 0.3) is 5.91 Å². The van der Waals surface area contributed by atoms with Crippen molar-refractivity contribution in [3.05, 3.63) is 46.6 Å². The average molecular weight is 262 g/mol. The number of carbonyl (C=O) groups excluding carboxylic acids is 1. The van der Waals surface area contributed by atoms with Gasteiger partial charge in [-0.1, -0.05) is 0 Å². The molecule has 0 aliphatic carbocycles. The number of aromatic nitrogens is 2. The minimum Gasteiger partial charge on any atom is -0.492 e. The van der Waals surface area contributed by atoms with Crippen LogP contribution in [0.3, 0.4) is 0 Å². The average Bonchev–Trinajstić information content (AvgIpc) is 2.85. The van der Waals surface area contributed by atoms with Crippen molar-refractivity contribution < 1.29 is 9.53 Å². The van der Waals surface area contributed by atoms with Crippen LogP contribution in [0, 0.1) is 0 Å². The molecule has 1 aromatic carbocycles. The van der Waals surface area contributed by atoms with E-state index in [1.165, 1.54) is 6.20 Å². The van der Waals surface area contributed by atoms with E-state index >= 15 is 0 Å². The fraction of sp³-hybridized carbons (Fsp3) is 0.167. The number of anilines is 1. The first-order valence-corrected chi connectivity index (χ1v) is 5.71. The summed E-state index contributed by atoms with van der Waals surface area (Å²) < 4.78 is 5.31. The molecular formula is C12H14N4O3. The topological polar surface area (TPSA) is 113 Å². The molecule has 0 bridgehead atoms. The minimum atomic E-state index is -0.421. The Labute approximate surface area is 108 Å². The molecule has 100 valence electrons. The first-order valence-electron chi connectivity index (χ1n) is 5.71. The van der Waals surface area contributed by atoms with E-state index in [0.717, 1.165) is 0 Å². The highest BCUT2D eigenvalue weighted by Crippen LogP contribution is 2.15. The minimum absolute atomic E-state index is 0.174. The summed E-state index contributed by atoms with van der Waals surface area (Å²) in [6.07, 6.45) is 1.32. The number of carbonyl (C=O) groups is 1. The summed E-state index contributed by atoms with van der Waals surface area (Å²) in [7, 11) is 0. The molecule has 0 atom stereocenters. The number of imidazole rings is 1. The first kappa shape index (κ1) is 12.9. The molecule has 5 N–H and O–H groups in total. The van der Waals surface area contributed by atoms with E-state index in [1.54, 1.807) is 24.3 Å². The van der Waals surface area contributed by atoms with E-state index in [4.69, 9.17) is 10.5 Å². The maximum absolute atomic E-state index is 11.7. The van der Waals surface area contributed by atoms with Gasteiger partial charge in [-0.3, -0.25) is 4.79 Å². The van der Waals surface area contributed by atoms with Gasteiger partial charge in [-0.25, -0.2) is 4.79 Å². The number of aromatic amines is 2. The number of nitrogens with one attached hydrogen (secondary N) is 3. The number of rotatable bonds is 5. The zero-order valence-corrected chi connectivity index (χ0v) is 10.1. The monoisotopic (exact) mass is 262 g/mol. The zero-order chi connectivity index (χ0) is 13.7. The lowest BCUT2D eigenvalue weighted by atomic mass is 10.3. The first-order chi connectivity index (χ1) is 9.19. The van der Waals surface area contributed by atoms with Crippen LogP contribution in [0.15, 0.2) is 35.3 Å². The molecule has 1 amide bonds. The largest absolute Gasteiger partial charge is 0.492 e. The fourth-order valence-corrected chi connectivity index (χ4v) is 1.46. The molecule has 1 aromatic heterocycles. The van der Waals surface area contributed by atoms with Crippen molar-refractivity contribution in [2.75, 3.05) is 18.5 Å². The SMILES string of the molecule is NCCOc1ccc(NC(=O)c2c[nH]c(=O)[nH]2)cc1. The van der Waals surface area contributed by atoms with E-state index in [9.17, 15) is 9.59 Å². The Kier molecular flexibility index (Phi) is 3.99. The molecule has 7 nitrogen and oxygen atoms in total. The Morgan fingerprint density at radius 1 is 1.32 bits per heavy atom. The van der Waals surface area contributed by atoms with Crippen molar-refractivity contribution in [1.29, 1.82) is 0 Å². The number of amides is 1. The summed E-state index contributed by atoms with van der Waals surface area (Å²) in [4.78, 5) is 27.3. The van der Waals surface area contributed by atoms with Crippen molar-refractivity contribution >= 4 is 11.6 Å². The van der Waals surface area contributed by atoms with Crippen LogP contribution in [0.5, 0.6) is 5.75 Å². The van der Waals surface area contributed by atoms with Gasteiger partial charge in [-0.05, 0) is 24.3 Å². The molecule has 2 rings (SSSR count). The number of H-pyrrole nitrogens is 2. The summed E-state index contributed by atoms with van der Waals surface area (Å²) in [5, 5.41) is 2.65. The van der Waals surface area contributed by atoms with Gasteiger partial charge in [0, 0.05) is 18.4 Å². The Hall–Kier alpha value is -2.54. The third-order valence-corrected chi connectivity index (χ3v) is 2.34. The second-order valence-corrected chi connectivity index (χ2v) is 3.77. The number of ether oxygens (including phenoxy) is 1. The highest BCUT2D eigenvalue weighted by Gasteiger charge is 2.07. The van der Waals surface area contributed by atoms with Crippen LogP contribution in [-0.2, 0) is 0 Å². The fourth-order valence-electron chi connectivity index (χ4n) is 1.46. The summed E-state index contributed by atoms with van der Waals surface area (Å²) in [5.74, 6) is 0.285. The molecule has 7 heteroatoms. The smallest absolute Gasteiger partial charge is 0.323 e. The van der Waals surface area contributed by atoms with Gasteiger partial charge >= 0.3 is 5.69 Å². The van der Waals surface area contributed by atoms with Gasteiger partial charge in [-0.2, -0.15) is 0 Å². The summed E-state index contributed by atoms with van der Waals surface area (Å²) in [6.45, 7) is 0.885. The van der Waals surface area contributed by atoms with Crippen LogP contribution in [0.1, 0.15) is 10.5 Å². The van der Waals surface area contributed by atoms with Crippen LogP contribution in [0.2, 0.25) is 0 Å². The molecule has 0 saturated carbocycles. The molecule has 1 heterocycles. The standard InChI is InChI=1S/C12H14N4O3/c13-5-6-19-9-3-1-8(2-4-9)15-11(17)10-7-14-12(18)16-10/h1-4,7H,5-6,13H2,(H,15,17)(H2,14,16,18). The Morgan fingerprint density at radius 3 is 2.63 bits per heavy atom.